The van der Waals surface area contributed by atoms with E-state index in [-0.39, 0.29) is 5.43 Å². The van der Waals surface area contributed by atoms with Crippen LogP contribution in [-0.4, -0.2) is 0 Å². The summed E-state index contributed by atoms with van der Waals surface area (Å²) in [5, 5.41) is 4.42. The van der Waals surface area contributed by atoms with E-state index in [9.17, 15) is 4.79 Å². The molecule has 0 saturated heterocycles. The molecule has 0 aliphatic carbocycles. The standard InChI is InChI=1S/C13H7ClO/c14-7-11-9-5-1-3-8-4-2-6-10(12(8)9)13(11)15/h1-7H. The molecule has 3 aromatic rings. The van der Waals surface area contributed by atoms with Crippen LogP contribution >= 0.6 is 11.6 Å². The van der Waals surface area contributed by atoms with E-state index in [2.05, 4.69) is 0 Å². The molecule has 72 valence electrons. The van der Waals surface area contributed by atoms with Gasteiger partial charge in [0.05, 0.1) is 0 Å². The maximum atomic E-state index is 12.0. The molecule has 0 aliphatic heterocycles. The van der Waals surface area contributed by atoms with Gasteiger partial charge in [0.1, 0.15) is 0 Å². The molecular formula is C13H7ClO. The molecule has 0 aromatic heterocycles. The minimum absolute atomic E-state index is 0.0248. The minimum Gasteiger partial charge on any atom is -0.289 e. The van der Waals surface area contributed by atoms with Gasteiger partial charge in [-0.25, -0.2) is 0 Å². The fourth-order valence-electron chi connectivity index (χ4n) is 2.13. The maximum Gasteiger partial charge on any atom is 0.195 e. The van der Waals surface area contributed by atoms with Crippen molar-refractivity contribution < 1.29 is 0 Å². The molecule has 0 saturated carbocycles. The van der Waals surface area contributed by atoms with Gasteiger partial charge in [-0.2, -0.15) is 0 Å². The number of benzene rings is 2. The van der Waals surface area contributed by atoms with Crippen LogP contribution in [0.15, 0.2) is 41.2 Å². The van der Waals surface area contributed by atoms with Gasteiger partial charge in [-0.3, -0.25) is 4.79 Å². The van der Waals surface area contributed by atoms with Gasteiger partial charge < -0.3 is 0 Å². The van der Waals surface area contributed by atoms with Crippen LogP contribution in [0.3, 0.4) is 0 Å². The smallest absolute Gasteiger partial charge is 0.195 e. The van der Waals surface area contributed by atoms with E-state index in [1.165, 1.54) is 5.54 Å². The summed E-state index contributed by atoms with van der Waals surface area (Å²) in [5.74, 6) is 0. The monoisotopic (exact) mass is 214 g/mol. The largest absolute Gasteiger partial charge is 0.289 e. The van der Waals surface area contributed by atoms with Crippen molar-refractivity contribution in [3.05, 3.63) is 51.8 Å². The third-order valence-electron chi connectivity index (χ3n) is 2.79. The predicted octanol–water partition coefficient (Wildman–Crippen LogP) is 2.49. The van der Waals surface area contributed by atoms with E-state index in [0.29, 0.717) is 5.22 Å². The highest BCUT2D eigenvalue weighted by atomic mass is 35.5. The zero-order chi connectivity index (χ0) is 10.4. The highest BCUT2D eigenvalue weighted by molar-refractivity contribution is 6.39. The first kappa shape index (κ1) is 8.69. The molecule has 15 heavy (non-hydrogen) atoms. The summed E-state index contributed by atoms with van der Waals surface area (Å²) < 4.78 is 0. The number of hydrogen-bond donors (Lipinski definition) is 0. The van der Waals surface area contributed by atoms with Crippen LogP contribution in [0.5, 0.6) is 0 Å². The quantitative estimate of drug-likeness (QED) is 0.562. The average molecular weight is 215 g/mol. The van der Waals surface area contributed by atoms with E-state index in [0.717, 1.165) is 21.5 Å². The Morgan fingerprint density at radius 1 is 1.00 bits per heavy atom. The molecule has 0 N–H and O–H groups in total. The first-order valence-electron chi connectivity index (χ1n) is 4.70. The third-order valence-corrected chi connectivity index (χ3v) is 3.01. The minimum atomic E-state index is 0.0248. The summed E-state index contributed by atoms with van der Waals surface area (Å²) in [6.45, 7) is 0. The van der Waals surface area contributed by atoms with Gasteiger partial charge in [-0.1, -0.05) is 48.0 Å². The molecule has 3 aromatic carbocycles. The summed E-state index contributed by atoms with van der Waals surface area (Å²) in [4.78, 5) is 12.0. The van der Waals surface area contributed by atoms with Crippen LogP contribution in [0.1, 0.15) is 0 Å². The second-order valence-corrected chi connectivity index (χ2v) is 3.78. The lowest BCUT2D eigenvalue weighted by Gasteiger charge is -1.95. The Kier molecular flexibility index (Phi) is 1.70. The van der Waals surface area contributed by atoms with Crippen LogP contribution in [-0.2, 0) is 0 Å². The van der Waals surface area contributed by atoms with Crippen molar-refractivity contribution in [3.8, 4) is 0 Å². The molecular weight excluding hydrogens is 208 g/mol. The summed E-state index contributed by atoms with van der Waals surface area (Å²) in [6, 6.07) is 11.6. The zero-order valence-electron chi connectivity index (χ0n) is 7.83. The van der Waals surface area contributed by atoms with Crippen LogP contribution in [0, 0.1) is 0 Å². The Hall–Kier alpha value is -1.60. The second-order valence-electron chi connectivity index (χ2n) is 3.56. The van der Waals surface area contributed by atoms with Crippen LogP contribution in [0.4, 0.5) is 0 Å². The molecule has 0 radical (unpaired) electrons. The van der Waals surface area contributed by atoms with Crippen molar-refractivity contribution in [2.24, 2.45) is 0 Å². The summed E-state index contributed by atoms with van der Waals surface area (Å²) >= 11 is 5.69. The van der Waals surface area contributed by atoms with E-state index in [1.54, 1.807) is 0 Å². The van der Waals surface area contributed by atoms with E-state index >= 15 is 0 Å². The van der Waals surface area contributed by atoms with Gasteiger partial charge in [-0.15, -0.1) is 0 Å². The molecule has 0 fully saturated rings. The lowest BCUT2D eigenvalue weighted by atomic mass is 10.1. The Bertz CT molecular complexity index is 741. The average Bonchev–Trinajstić information content (AvgIpc) is 2.55. The van der Waals surface area contributed by atoms with Gasteiger partial charge in [0.25, 0.3) is 0 Å². The van der Waals surface area contributed by atoms with Crippen LogP contribution in [0.2, 0.25) is 0 Å². The van der Waals surface area contributed by atoms with Gasteiger partial charge in [0.2, 0.25) is 0 Å². The lowest BCUT2D eigenvalue weighted by molar-refractivity contribution is 1.71. The van der Waals surface area contributed by atoms with Crippen molar-refractivity contribution in [2.75, 3.05) is 0 Å². The lowest BCUT2D eigenvalue weighted by Crippen LogP contribution is -2.17. The first-order valence-corrected chi connectivity index (χ1v) is 5.14. The molecule has 0 bridgehead atoms. The molecule has 0 aliphatic rings. The van der Waals surface area contributed by atoms with E-state index < -0.39 is 0 Å². The molecule has 0 spiro atoms. The number of rotatable bonds is 0. The van der Waals surface area contributed by atoms with Gasteiger partial charge >= 0.3 is 0 Å². The Labute approximate surface area is 90.9 Å². The van der Waals surface area contributed by atoms with Crippen molar-refractivity contribution in [2.45, 2.75) is 0 Å². The Balaban J connectivity index is 2.86. The maximum absolute atomic E-state index is 12.0. The molecule has 0 atom stereocenters. The van der Waals surface area contributed by atoms with Crippen LogP contribution in [0.25, 0.3) is 27.1 Å². The predicted molar refractivity (Wildman–Crippen MR) is 64.4 cm³/mol. The summed E-state index contributed by atoms with van der Waals surface area (Å²) in [7, 11) is 0. The second kappa shape index (κ2) is 2.94. The fraction of sp³-hybridized carbons (Fsp3) is 0. The van der Waals surface area contributed by atoms with Crippen LogP contribution < -0.4 is 10.6 Å². The fourth-order valence-corrected chi connectivity index (χ4v) is 2.35. The first-order chi connectivity index (χ1) is 7.33. The molecule has 1 nitrogen and oxygen atoms in total. The number of halogens is 1. The normalized spacial score (nSPS) is 13.0. The van der Waals surface area contributed by atoms with Gasteiger partial charge in [-0.05, 0) is 10.8 Å². The Morgan fingerprint density at radius 2 is 1.67 bits per heavy atom. The molecule has 0 heterocycles. The SMILES string of the molecule is O=c1c(=CCl)c2cccc3cccc1c32. The van der Waals surface area contributed by atoms with Crippen molar-refractivity contribution >= 4 is 38.7 Å². The zero-order valence-corrected chi connectivity index (χ0v) is 8.58. The highest BCUT2D eigenvalue weighted by Crippen LogP contribution is 2.22. The highest BCUT2D eigenvalue weighted by Gasteiger charge is 2.09. The molecule has 2 heteroatoms. The van der Waals surface area contributed by atoms with Crippen molar-refractivity contribution in [1.29, 1.82) is 0 Å². The summed E-state index contributed by atoms with van der Waals surface area (Å²) in [6.07, 6.45) is 0. The Morgan fingerprint density at radius 3 is 2.33 bits per heavy atom. The van der Waals surface area contributed by atoms with Gasteiger partial charge in [0, 0.05) is 21.5 Å². The summed E-state index contributed by atoms with van der Waals surface area (Å²) in [5.41, 5.74) is 1.40. The third kappa shape index (κ3) is 1.01. The van der Waals surface area contributed by atoms with Crippen molar-refractivity contribution in [3.63, 3.8) is 0 Å². The topological polar surface area (TPSA) is 17.1 Å². The van der Waals surface area contributed by atoms with Crippen molar-refractivity contribution in [1.82, 2.24) is 0 Å². The molecule has 0 unspecified atom stereocenters. The molecule has 0 amide bonds. The molecule has 3 rings (SSSR count). The van der Waals surface area contributed by atoms with E-state index in [1.807, 2.05) is 36.4 Å². The van der Waals surface area contributed by atoms with E-state index in [4.69, 9.17) is 11.6 Å². The number of hydrogen-bond acceptors (Lipinski definition) is 1. The van der Waals surface area contributed by atoms with Gasteiger partial charge in [0.15, 0.2) is 5.43 Å².